The smallest absolute Gasteiger partial charge is 0.368 e. The van der Waals surface area contributed by atoms with Gasteiger partial charge in [0.1, 0.15) is 0 Å². The fourth-order valence-corrected chi connectivity index (χ4v) is 1.30. The van der Waals surface area contributed by atoms with Crippen LogP contribution < -0.4 is 0 Å². The molecular formula is C8H11N3O3. The van der Waals surface area contributed by atoms with Gasteiger partial charge in [0.15, 0.2) is 0 Å². The molecule has 76 valence electrons. The SMILES string of the molecule is [N-]=[N+]=CC(=O)OC(=O)N1CCCCC1. The number of carbonyl (C=O) groups is 2. The minimum absolute atomic E-state index is 0.543. The van der Waals surface area contributed by atoms with Gasteiger partial charge in [0.05, 0.1) is 0 Å². The summed E-state index contributed by atoms with van der Waals surface area (Å²) in [5.74, 6) is -0.955. The lowest BCUT2D eigenvalue weighted by molar-refractivity contribution is -0.134. The zero-order valence-electron chi connectivity index (χ0n) is 7.68. The molecule has 1 rings (SSSR count). The summed E-state index contributed by atoms with van der Waals surface area (Å²) in [6, 6.07) is 0. The summed E-state index contributed by atoms with van der Waals surface area (Å²) in [6.07, 6.45) is 2.82. The minimum Gasteiger partial charge on any atom is -0.368 e. The molecule has 0 spiro atoms. The van der Waals surface area contributed by atoms with Crippen molar-refractivity contribution >= 4 is 18.3 Å². The molecule has 0 radical (unpaired) electrons. The maximum atomic E-state index is 11.2. The van der Waals surface area contributed by atoms with Gasteiger partial charge in [-0.25, -0.2) is 9.59 Å². The van der Waals surface area contributed by atoms with Gasteiger partial charge in [-0.1, -0.05) is 0 Å². The molecule has 6 heteroatoms. The Balaban J connectivity index is 2.40. The number of nitrogens with zero attached hydrogens (tertiary/aromatic N) is 3. The van der Waals surface area contributed by atoms with Crippen LogP contribution in [-0.2, 0) is 9.53 Å². The maximum Gasteiger partial charge on any atom is 0.422 e. The Morgan fingerprint density at radius 3 is 2.50 bits per heavy atom. The summed E-state index contributed by atoms with van der Waals surface area (Å²) >= 11 is 0. The van der Waals surface area contributed by atoms with E-state index in [9.17, 15) is 9.59 Å². The van der Waals surface area contributed by atoms with Crippen LogP contribution in [0.15, 0.2) is 0 Å². The lowest BCUT2D eigenvalue weighted by Gasteiger charge is -2.24. The van der Waals surface area contributed by atoms with E-state index >= 15 is 0 Å². The normalized spacial score (nSPS) is 15.6. The Kier molecular flexibility index (Phi) is 3.82. The lowest BCUT2D eigenvalue weighted by Crippen LogP contribution is -2.37. The monoisotopic (exact) mass is 197 g/mol. The molecular weight excluding hydrogens is 186 g/mol. The Morgan fingerprint density at radius 1 is 1.29 bits per heavy atom. The largest absolute Gasteiger partial charge is 0.422 e. The summed E-state index contributed by atoms with van der Waals surface area (Å²) in [7, 11) is 0. The molecule has 14 heavy (non-hydrogen) atoms. The molecule has 0 saturated carbocycles. The molecule has 0 aromatic rings. The molecule has 1 fully saturated rings. The zero-order chi connectivity index (χ0) is 10.4. The topological polar surface area (TPSA) is 83.0 Å². The minimum atomic E-state index is -0.955. The zero-order valence-corrected chi connectivity index (χ0v) is 7.68. The second-order valence-corrected chi connectivity index (χ2v) is 2.98. The molecule has 1 amide bonds. The number of hydrogen-bond donors (Lipinski definition) is 0. The first-order valence-corrected chi connectivity index (χ1v) is 4.42. The van der Waals surface area contributed by atoms with Crippen molar-refractivity contribution in [3.05, 3.63) is 5.53 Å². The molecule has 0 atom stereocenters. The number of rotatable bonds is 1. The van der Waals surface area contributed by atoms with Gasteiger partial charge >= 0.3 is 18.3 Å². The number of piperidine rings is 1. The number of esters is 1. The third-order valence-corrected chi connectivity index (χ3v) is 1.97. The molecule has 1 heterocycles. The summed E-state index contributed by atoms with van der Waals surface area (Å²) < 4.78 is 4.37. The van der Waals surface area contributed by atoms with Gasteiger partial charge in [-0.2, -0.15) is 4.79 Å². The Morgan fingerprint density at radius 2 is 1.93 bits per heavy atom. The van der Waals surface area contributed by atoms with E-state index in [1.165, 1.54) is 4.90 Å². The molecule has 1 aliphatic heterocycles. The summed E-state index contributed by atoms with van der Waals surface area (Å²) in [5, 5.41) is 0. The number of carbonyl (C=O) groups excluding carboxylic acids is 2. The van der Waals surface area contributed by atoms with Crippen LogP contribution in [0.25, 0.3) is 5.53 Å². The van der Waals surface area contributed by atoms with Crippen LogP contribution >= 0.6 is 0 Å². The van der Waals surface area contributed by atoms with Crippen LogP contribution in [0.2, 0.25) is 0 Å². The van der Waals surface area contributed by atoms with E-state index in [0.29, 0.717) is 19.3 Å². The van der Waals surface area contributed by atoms with E-state index in [1.54, 1.807) is 0 Å². The third kappa shape index (κ3) is 2.99. The fourth-order valence-electron chi connectivity index (χ4n) is 1.30. The van der Waals surface area contributed by atoms with Crippen molar-refractivity contribution in [1.29, 1.82) is 0 Å². The van der Waals surface area contributed by atoms with Crippen LogP contribution in [-0.4, -0.2) is 41.1 Å². The van der Waals surface area contributed by atoms with Gasteiger partial charge in [-0.15, -0.1) is 0 Å². The van der Waals surface area contributed by atoms with Crippen LogP contribution in [0, 0.1) is 0 Å². The van der Waals surface area contributed by atoms with Gasteiger partial charge < -0.3 is 15.2 Å². The van der Waals surface area contributed by atoms with Gasteiger partial charge in [0, 0.05) is 13.1 Å². The maximum absolute atomic E-state index is 11.2. The molecule has 1 aliphatic rings. The Hall–Kier alpha value is -1.68. The van der Waals surface area contributed by atoms with Crippen LogP contribution in [0.3, 0.4) is 0 Å². The van der Waals surface area contributed by atoms with Crippen molar-refractivity contribution in [2.75, 3.05) is 13.1 Å². The third-order valence-electron chi connectivity index (χ3n) is 1.97. The predicted octanol–water partition coefficient (Wildman–Crippen LogP) is 0.436. The van der Waals surface area contributed by atoms with Crippen molar-refractivity contribution < 1.29 is 19.1 Å². The standard InChI is InChI=1S/C8H11N3O3/c9-10-6-7(12)14-8(13)11-4-2-1-3-5-11/h6H,1-5H2. The van der Waals surface area contributed by atoms with Crippen molar-refractivity contribution in [1.82, 2.24) is 4.90 Å². The number of ether oxygens (including phenoxy) is 1. The van der Waals surface area contributed by atoms with Crippen molar-refractivity contribution in [3.8, 4) is 0 Å². The van der Waals surface area contributed by atoms with E-state index in [4.69, 9.17) is 5.53 Å². The molecule has 6 nitrogen and oxygen atoms in total. The van der Waals surface area contributed by atoms with Crippen molar-refractivity contribution in [3.63, 3.8) is 0 Å². The molecule has 0 N–H and O–H groups in total. The second kappa shape index (κ2) is 5.14. The Labute approximate surface area is 81.1 Å². The fraction of sp³-hybridized carbons (Fsp3) is 0.625. The van der Waals surface area contributed by atoms with E-state index < -0.39 is 12.1 Å². The molecule has 0 aromatic heterocycles. The van der Waals surface area contributed by atoms with Crippen LogP contribution in [0.5, 0.6) is 0 Å². The highest BCUT2D eigenvalue weighted by Gasteiger charge is 2.20. The molecule has 0 unspecified atom stereocenters. The highest BCUT2D eigenvalue weighted by Crippen LogP contribution is 2.09. The van der Waals surface area contributed by atoms with Gasteiger partial charge in [0.2, 0.25) is 0 Å². The second-order valence-electron chi connectivity index (χ2n) is 2.98. The summed E-state index contributed by atoms with van der Waals surface area (Å²) in [5.41, 5.74) is 8.00. The average molecular weight is 197 g/mol. The van der Waals surface area contributed by atoms with Gasteiger partial charge in [-0.3, -0.25) is 0 Å². The van der Waals surface area contributed by atoms with E-state index in [1.807, 2.05) is 0 Å². The molecule has 0 bridgehead atoms. The summed E-state index contributed by atoms with van der Waals surface area (Å²) in [6.45, 7) is 1.23. The van der Waals surface area contributed by atoms with Crippen molar-refractivity contribution in [2.45, 2.75) is 19.3 Å². The first kappa shape index (κ1) is 10.4. The summed E-state index contributed by atoms with van der Waals surface area (Å²) in [4.78, 5) is 25.9. The number of amides is 1. The van der Waals surface area contributed by atoms with Crippen LogP contribution in [0.4, 0.5) is 4.79 Å². The lowest BCUT2D eigenvalue weighted by atomic mass is 10.1. The predicted molar refractivity (Wildman–Crippen MR) is 46.6 cm³/mol. The van der Waals surface area contributed by atoms with E-state index in [2.05, 4.69) is 9.53 Å². The first-order valence-electron chi connectivity index (χ1n) is 4.42. The quantitative estimate of drug-likeness (QED) is 0.201. The van der Waals surface area contributed by atoms with Crippen LogP contribution in [0.1, 0.15) is 19.3 Å². The average Bonchev–Trinajstić information content (AvgIpc) is 2.19. The van der Waals surface area contributed by atoms with Crippen molar-refractivity contribution in [2.24, 2.45) is 0 Å². The number of hydrogen-bond acceptors (Lipinski definition) is 3. The Bertz CT molecular complexity index is 278. The molecule has 0 aliphatic carbocycles. The molecule has 0 aromatic carbocycles. The van der Waals surface area contributed by atoms with Gasteiger partial charge in [-0.05, 0) is 19.3 Å². The number of likely N-dealkylation sites (tertiary alicyclic amines) is 1. The first-order chi connectivity index (χ1) is 6.74. The highest BCUT2D eigenvalue weighted by molar-refractivity contribution is 6.23. The van der Waals surface area contributed by atoms with E-state index in [0.717, 1.165) is 19.3 Å². The molecule has 1 saturated heterocycles. The van der Waals surface area contributed by atoms with E-state index in [-0.39, 0.29) is 0 Å². The highest BCUT2D eigenvalue weighted by atomic mass is 16.6. The van der Waals surface area contributed by atoms with Gasteiger partial charge in [0.25, 0.3) is 0 Å².